The molecule has 7 fully saturated rings. The predicted octanol–water partition coefficient (Wildman–Crippen LogP) is 1.34. The van der Waals surface area contributed by atoms with Gasteiger partial charge in [0.05, 0.1) is 31.5 Å². The fourth-order valence-electron chi connectivity index (χ4n) is 14.8. The number of carbonyl (C=O) groups is 1. The minimum atomic E-state index is -1.96. The van der Waals surface area contributed by atoms with Crippen LogP contribution in [0.2, 0.25) is 0 Å². The Kier molecular flexibility index (Phi) is 13.0. The van der Waals surface area contributed by atoms with E-state index in [2.05, 4.69) is 47.6 Å². The molecule has 3 aliphatic heterocycles. The van der Waals surface area contributed by atoms with E-state index < -0.39 is 110 Å². The minimum Gasteiger partial charge on any atom is -0.479 e. The summed E-state index contributed by atoms with van der Waals surface area (Å²) >= 11 is 0. The lowest BCUT2D eigenvalue weighted by molar-refractivity contribution is -0.378. The van der Waals surface area contributed by atoms with Crippen molar-refractivity contribution in [3.8, 4) is 0 Å². The number of aliphatic hydroxyl groups is 9. The largest absolute Gasteiger partial charge is 0.479 e. The van der Waals surface area contributed by atoms with Gasteiger partial charge in [0.1, 0.15) is 54.9 Å². The summed E-state index contributed by atoms with van der Waals surface area (Å²) in [6.45, 7) is 16.8. The highest BCUT2D eigenvalue weighted by Gasteiger charge is 2.70. The molecule has 0 radical (unpaired) electrons. The van der Waals surface area contributed by atoms with Gasteiger partial charge in [-0.3, -0.25) is 0 Å². The maximum absolute atomic E-state index is 12.8. The Morgan fingerprint density at radius 1 is 0.703 bits per heavy atom. The summed E-state index contributed by atoms with van der Waals surface area (Å²) in [6.07, 6.45) is -14.4. The van der Waals surface area contributed by atoms with Crippen LogP contribution in [0.5, 0.6) is 0 Å². The average Bonchev–Trinajstić information content (AvgIpc) is 3.23. The van der Waals surface area contributed by atoms with Gasteiger partial charge in [-0.15, -0.1) is 0 Å². The summed E-state index contributed by atoms with van der Waals surface area (Å²) in [6, 6.07) is 0. The molecule has 0 spiro atoms. The van der Waals surface area contributed by atoms with E-state index in [-0.39, 0.29) is 45.7 Å². The van der Waals surface area contributed by atoms with E-state index >= 15 is 0 Å². The topological polar surface area (TPSA) is 275 Å². The van der Waals surface area contributed by atoms with Crippen molar-refractivity contribution in [2.24, 2.45) is 50.2 Å². The highest BCUT2D eigenvalue weighted by molar-refractivity contribution is 5.73. The fraction of sp³-hybridized carbons (Fsp3) is 0.936. The molecule has 8 rings (SSSR count). The van der Waals surface area contributed by atoms with E-state index in [1.165, 1.54) is 12.5 Å². The van der Waals surface area contributed by atoms with Crippen LogP contribution in [0.25, 0.3) is 0 Å². The van der Waals surface area contributed by atoms with Gasteiger partial charge >= 0.3 is 5.97 Å². The van der Waals surface area contributed by atoms with Gasteiger partial charge in [-0.1, -0.05) is 60.1 Å². The molecule has 10 N–H and O–H groups in total. The van der Waals surface area contributed by atoms with E-state index in [0.29, 0.717) is 18.3 Å². The zero-order valence-corrected chi connectivity index (χ0v) is 38.7. The molecule has 366 valence electrons. The number of aliphatic hydroxyl groups excluding tert-OH is 9. The number of carboxylic acid groups (broad SMARTS) is 1. The first-order chi connectivity index (χ1) is 29.8. The molecule has 3 heterocycles. The highest BCUT2D eigenvalue weighted by atomic mass is 16.8. The van der Waals surface area contributed by atoms with E-state index in [4.69, 9.17) is 28.4 Å². The number of allylic oxidation sites excluding steroid dienone is 2. The summed E-state index contributed by atoms with van der Waals surface area (Å²) in [5.74, 6) is -0.986. The molecule has 0 aromatic heterocycles. The summed E-state index contributed by atoms with van der Waals surface area (Å²) in [7, 11) is 0. The van der Waals surface area contributed by atoms with Gasteiger partial charge in [-0.05, 0) is 104 Å². The van der Waals surface area contributed by atoms with Gasteiger partial charge < -0.3 is 79.5 Å². The number of carboxylic acids is 1. The van der Waals surface area contributed by atoms with Gasteiger partial charge in [0.25, 0.3) is 0 Å². The third-order valence-corrected chi connectivity index (χ3v) is 19.1. The molecular formula is C47H76O17. The van der Waals surface area contributed by atoms with Crippen molar-refractivity contribution in [2.45, 2.75) is 211 Å². The Morgan fingerprint density at radius 3 is 2.03 bits per heavy atom. The van der Waals surface area contributed by atoms with Crippen molar-refractivity contribution in [1.82, 2.24) is 0 Å². The highest BCUT2D eigenvalue weighted by Crippen LogP contribution is 2.76. The van der Waals surface area contributed by atoms with Crippen LogP contribution in [0.15, 0.2) is 11.6 Å². The van der Waals surface area contributed by atoms with E-state index in [9.17, 15) is 55.9 Å². The van der Waals surface area contributed by atoms with Crippen molar-refractivity contribution in [3.05, 3.63) is 11.6 Å². The monoisotopic (exact) mass is 913 g/mol. The van der Waals surface area contributed by atoms with E-state index in [0.717, 1.165) is 51.4 Å². The Bertz CT molecular complexity index is 1760. The molecule has 0 bridgehead atoms. The smallest absolute Gasteiger partial charge is 0.335 e. The van der Waals surface area contributed by atoms with Crippen molar-refractivity contribution in [3.63, 3.8) is 0 Å². The molecule has 0 unspecified atom stereocenters. The van der Waals surface area contributed by atoms with Gasteiger partial charge in [0.2, 0.25) is 0 Å². The summed E-state index contributed by atoms with van der Waals surface area (Å²) in [5, 5.41) is 109. The molecule has 0 aromatic rings. The Labute approximate surface area is 376 Å². The van der Waals surface area contributed by atoms with Crippen LogP contribution >= 0.6 is 0 Å². The molecule has 17 heteroatoms. The maximum Gasteiger partial charge on any atom is 0.335 e. The lowest BCUT2D eigenvalue weighted by Gasteiger charge is -2.72. The van der Waals surface area contributed by atoms with Crippen molar-refractivity contribution in [2.75, 3.05) is 13.2 Å². The zero-order valence-electron chi connectivity index (χ0n) is 38.7. The van der Waals surface area contributed by atoms with Crippen LogP contribution in [0.3, 0.4) is 0 Å². The average molecular weight is 913 g/mol. The van der Waals surface area contributed by atoms with Crippen LogP contribution in [-0.2, 0) is 33.2 Å². The molecule has 5 aliphatic carbocycles. The van der Waals surface area contributed by atoms with Crippen LogP contribution in [0.1, 0.15) is 113 Å². The lowest BCUT2D eigenvalue weighted by atomic mass is 9.33. The maximum atomic E-state index is 12.8. The zero-order chi connectivity index (χ0) is 46.9. The first-order valence-electron chi connectivity index (χ1n) is 23.7. The van der Waals surface area contributed by atoms with Crippen LogP contribution in [0.4, 0.5) is 0 Å². The van der Waals surface area contributed by atoms with Gasteiger partial charge in [-0.2, -0.15) is 0 Å². The first kappa shape index (κ1) is 49.0. The number of hydrogen-bond acceptors (Lipinski definition) is 16. The number of hydrogen-bond donors (Lipinski definition) is 10. The normalized spacial score (nSPS) is 56.1. The summed E-state index contributed by atoms with van der Waals surface area (Å²) < 4.78 is 35.2. The summed E-state index contributed by atoms with van der Waals surface area (Å²) in [4.78, 5) is 12.8. The second kappa shape index (κ2) is 16.9. The Morgan fingerprint density at radius 2 is 1.36 bits per heavy atom. The second-order valence-corrected chi connectivity index (χ2v) is 23.2. The van der Waals surface area contributed by atoms with Crippen molar-refractivity contribution >= 4 is 5.97 Å². The molecule has 8 aliphatic rings. The third-order valence-electron chi connectivity index (χ3n) is 19.1. The van der Waals surface area contributed by atoms with Crippen LogP contribution in [0, 0.1) is 50.2 Å². The molecule has 17 nitrogen and oxygen atoms in total. The molecule has 3 saturated heterocycles. The second-order valence-electron chi connectivity index (χ2n) is 23.2. The van der Waals surface area contributed by atoms with Crippen LogP contribution < -0.4 is 0 Å². The van der Waals surface area contributed by atoms with Gasteiger partial charge in [0.15, 0.2) is 25.0 Å². The summed E-state index contributed by atoms with van der Waals surface area (Å²) in [5.41, 5.74) is 0.256. The number of rotatable bonds is 8. The number of fused-ring (bicyclic) bond motifs is 7. The fourth-order valence-corrected chi connectivity index (χ4v) is 14.8. The molecule has 4 saturated carbocycles. The molecule has 24 atom stereocenters. The Balaban J connectivity index is 0.995. The third kappa shape index (κ3) is 7.49. The van der Waals surface area contributed by atoms with Crippen LogP contribution in [-0.4, -0.2) is 168 Å². The van der Waals surface area contributed by atoms with E-state index in [1.807, 2.05) is 6.92 Å². The predicted molar refractivity (Wildman–Crippen MR) is 225 cm³/mol. The van der Waals surface area contributed by atoms with Crippen molar-refractivity contribution in [1.29, 1.82) is 0 Å². The quantitative estimate of drug-likeness (QED) is 0.122. The van der Waals surface area contributed by atoms with Gasteiger partial charge in [0, 0.05) is 10.8 Å². The molecular weight excluding hydrogens is 837 g/mol. The SMILES string of the molecule is C[C@@H]1O[C@H](O[C@@H]2[C@@H](O[C@@H]3[C@@H](O)[C@H](O)[C@@H](O[C@H]4CC[C@@]5(C)[C@@H](CC[C@]6(C)[C@@H]5CC=C5[C@@H]7CC(C)(C)C[C@@H](O)[C@]7(C)CC[C@]56C)[C@@]4(C)CO)O[C@H]3C(=O)O)OC[C@H](O)[C@H]2O)[C@@H](O)[C@H](O)[C@H]1O. The number of ether oxygens (including phenoxy) is 6. The molecule has 0 aromatic carbocycles. The molecule has 64 heavy (non-hydrogen) atoms. The number of aliphatic carboxylic acids is 1. The lowest BCUT2D eigenvalue weighted by Crippen LogP contribution is -2.68. The van der Waals surface area contributed by atoms with E-state index in [1.54, 1.807) is 0 Å². The minimum absolute atomic E-state index is 0.0112. The standard InChI is InChI=1S/C47H76O17/c1-21-29(51)31(53)33(55)39(60-21)63-36-30(52)24(49)19-59-41(36)62-35-32(54)34(56)40(64-37(35)38(57)58)61-28-12-13-44(5)25(45(28,6)20-48)11-14-47(8)26(44)10-9-22-23-17-42(2,3)18-27(50)43(23,4)15-16-46(22,47)7/h9,21,23-37,39-41,48-56H,10-20H2,1-8H3,(H,57,58)/t21-,23-,24-,25+,26+,27+,28-,29-,30+,31+,32-,33-,34-,35+,36-,37+,39+,40-,41+,43+,44-,45+,46+,47+/m0/s1. The Hall–Kier alpha value is -1.39. The first-order valence-corrected chi connectivity index (χ1v) is 23.7. The molecule has 0 amide bonds. The van der Waals surface area contributed by atoms with Crippen molar-refractivity contribution < 1.29 is 84.3 Å². The van der Waals surface area contributed by atoms with Gasteiger partial charge in [-0.25, -0.2) is 4.79 Å².